The summed E-state index contributed by atoms with van der Waals surface area (Å²) in [6.07, 6.45) is 2.96. The third kappa shape index (κ3) is 6.09. The van der Waals surface area contributed by atoms with Crippen molar-refractivity contribution in [2.75, 3.05) is 58.4 Å². The van der Waals surface area contributed by atoms with Gasteiger partial charge in [-0.25, -0.2) is 8.78 Å². The fraction of sp³-hybridized carbons (Fsp3) is 0.458. The molecule has 2 aromatic rings. The van der Waals surface area contributed by atoms with Crippen LogP contribution in [0.4, 0.5) is 14.5 Å². The van der Waals surface area contributed by atoms with E-state index in [1.54, 1.807) is 37.3 Å². The topological polar surface area (TPSA) is 54.0 Å². The summed E-state index contributed by atoms with van der Waals surface area (Å²) in [7, 11) is 3.20. The van der Waals surface area contributed by atoms with Crippen molar-refractivity contribution in [1.29, 1.82) is 0 Å². The molecule has 0 saturated carbocycles. The van der Waals surface area contributed by atoms with Crippen LogP contribution in [0.3, 0.4) is 0 Å². The number of halogens is 2. The zero-order chi connectivity index (χ0) is 22.9. The van der Waals surface area contributed by atoms with Crippen LogP contribution in [-0.2, 0) is 4.79 Å². The molecule has 8 heteroatoms. The maximum Gasteiger partial charge on any atom is 0.209 e. The lowest BCUT2D eigenvalue weighted by atomic mass is 9.89. The molecule has 4 rings (SSSR count). The van der Waals surface area contributed by atoms with Gasteiger partial charge in [0.15, 0.2) is 0 Å². The Balaban J connectivity index is 0.000000182. The highest BCUT2D eigenvalue weighted by Gasteiger charge is 2.20. The number of benzene rings is 2. The van der Waals surface area contributed by atoms with Crippen molar-refractivity contribution in [3.63, 3.8) is 0 Å². The molecule has 2 fully saturated rings. The van der Waals surface area contributed by atoms with Gasteiger partial charge in [-0.3, -0.25) is 4.79 Å². The number of anilines is 1. The van der Waals surface area contributed by atoms with Crippen molar-refractivity contribution in [3.05, 3.63) is 53.6 Å². The normalized spacial score (nSPS) is 16.8. The molecule has 2 aliphatic rings. The summed E-state index contributed by atoms with van der Waals surface area (Å²) in [5.41, 5.74) is 1.76. The summed E-state index contributed by atoms with van der Waals surface area (Å²) in [5, 5.41) is 3.30. The molecule has 0 unspecified atom stereocenters. The van der Waals surface area contributed by atoms with E-state index >= 15 is 0 Å². The summed E-state index contributed by atoms with van der Waals surface area (Å²) in [4.78, 5) is 14.3. The van der Waals surface area contributed by atoms with Crippen molar-refractivity contribution >= 4 is 12.1 Å². The van der Waals surface area contributed by atoms with Crippen LogP contribution in [0.1, 0.15) is 24.3 Å². The third-order valence-electron chi connectivity index (χ3n) is 5.92. The van der Waals surface area contributed by atoms with Crippen molar-refractivity contribution in [2.24, 2.45) is 0 Å². The van der Waals surface area contributed by atoms with Gasteiger partial charge in [0.1, 0.15) is 23.1 Å². The predicted octanol–water partition coefficient (Wildman–Crippen LogP) is 3.41. The van der Waals surface area contributed by atoms with Gasteiger partial charge in [-0.05, 0) is 62.2 Å². The van der Waals surface area contributed by atoms with Crippen LogP contribution in [0.15, 0.2) is 36.4 Å². The largest absolute Gasteiger partial charge is 0.496 e. The van der Waals surface area contributed by atoms with Gasteiger partial charge in [-0.15, -0.1) is 0 Å². The Hall–Kier alpha value is -2.87. The molecule has 1 N–H and O–H groups in total. The zero-order valence-electron chi connectivity index (χ0n) is 18.7. The molecule has 0 atom stereocenters. The van der Waals surface area contributed by atoms with E-state index in [9.17, 15) is 13.6 Å². The molecule has 32 heavy (non-hydrogen) atoms. The number of ether oxygens (including phenoxy) is 2. The van der Waals surface area contributed by atoms with Crippen LogP contribution in [0, 0.1) is 11.6 Å². The Morgan fingerprint density at radius 1 is 0.906 bits per heavy atom. The SMILES string of the molecule is COc1ccc(F)cc1C1CCNCC1.COc1ccc(F)cc1N1CCN(C=O)CC1. The molecule has 0 aromatic heterocycles. The van der Waals surface area contributed by atoms with Gasteiger partial charge in [0.2, 0.25) is 6.41 Å². The fourth-order valence-corrected chi connectivity index (χ4v) is 4.14. The van der Waals surface area contributed by atoms with Crippen LogP contribution in [0.2, 0.25) is 0 Å². The molecule has 174 valence electrons. The number of nitrogens with zero attached hydrogens (tertiary/aromatic N) is 2. The lowest BCUT2D eigenvalue weighted by molar-refractivity contribution is -0.118. The molecular formula is C24H31F2N3O3. The number of methoxy groups -OCH3 is 2. The highest BCUT2D eigenvalue weighted by molar-refractivity contribution is 5.59. The van der Waals surface area contributed by atoms with Gasteiger partial charge in [0, 0.05) is 37.8 Å². The fourth-order valence-electron chi connectivity index (χ4n) is 4.14. The smallest absolute Gasteiger partial charge is 0.209 e. The predicted molar refractivity (Wildman–Crippen MR) is 121 cm³/mol. The number of rotatable bonds is 5. The number of piperazine rings is 1. The first-order chi connectivity index (χ1) is 15.5. The molecule has 2 heterocycles. The standard InChI is InChI=1S/C12H15FN2O2.C12H16FNO/c1-17-12-3-2-10(13)8-11(12)15-6-4-14(9-16)5-7-15;1-15-12-3-2-10(13)8-11(12)9-4-6-14-7-5-9/h2-3,8-9H,4-7H2,1H3;2-3,8-9,14H,4-7H2,1H3. The number of hydrogen-bond acceptors (Lipinski definition) is 5. The summed E-state index contributed by atoms with van der Waals surface area (Å²) in [6, 6.07) is 9.24. The van der Waals surface area contributed by atoms with Crippen LogP contribution in [-0.4, -0.2) is 64.8 Å². The second kappa shape index (κ2) is 11.7. The van der Waals surface area contributed by atoms with Crippen LogP contribution < -0.4 is 19.7 Å². The summed E-state index contributed by atoms with van der Waals surface area (Å²) in [5.74, 6) is 1.44. The quantitative estimate of drug-likeness (QED) is 0.712. The number of piperidine rings is 1. The van der Waals surface area contributed by atoms with Crippen LogP contribution >= 0.6 is 0 Å². The molecule has 2 saturated heterocycles. The average Bonchev–Trinajstić information content (AvgIpc) is 2.85. The average molecular weight is 448 g/mol. The van der Waals surface area contributed by atoms with E-state index in [0.717, 1.165) is 49.3 Å². The highest BCUT2D eigenvalue weighted by Crippen LogP contribution is 2.33. The summed E-state index contributed by atoms with van der Waals surface area (Å²) >= 11 is 0. The van der Waals surface area contributed by atoms with Gasteiger partial charge >= 0.3 is 0 Å². The minimum absolute atomic E-state index is 0.177. The Labute approximate surface area is 188 Å². The van der Waals surface area contributed by atoms with E-state index in [2.05, 4.69) is 5.32 Å². The molecule has 2 aromatic carbocycles. The zero-order valence-corrected chi connectivity index (χ0v) is 18.7. The van der Waals surface area contributed by atoms with E-state index in [0.29, 0.717) is 37.8 Å². The molecule has 6 nitrogen and oxygen atoms in total. The Kier molecular flexibility index (Phi) is 8.67. The Morgan fingerprint density at radius 3 is 2.09 bits per heavy atom. The van der Waals surface area contributed by atoms with Crippen molar-refractivity contribution in [1.82, 2.24) is 10.2 Å². The maximum atomic E-state index is 13.2. The van der Waals surface area contributed by atoms with E-state index in [-0.39, 0.29) is 11.6 Å². The molecule has 0 spiro atoms. The lowest BCUT2D eigenvalue weighted by Gasteiger charge is -2.34. The van der Waals surface area contributed by atoms with Crippen LogP contribution in [0.5, 0.6) is 11.5 Å². The van der Waals surface area contributed by atoms with Gasteiger partial charge in [0.05, 0.1) is 19.9 Å². The minimum Gasteiger partial charge on any atom is -0.496 e. The first-order valence-electron chi connectivity index (χ1n) is 10.9. The number of carbonyl (C=O) groups excluding carboxylic acids is 1. The van der Waals surface area contributed by atoms with Crippen molar-refractivity contribution < 1.29 is 23.0 Å². The van der Waals surface area contributed by atoms with Crippen molar-refractivity contribution in [2.45, 2.75) is 18.8 Å². The second-order valence-corrected chi connectivity index (χ2v) is 7.86. The third-order valence-corrected chi connectivity index (χ3v) is 5.92. The second-order valence-electron chi connectivity index (χ2n) is 7.86. The number of carbonyl (C=O) groups is 1. The van der Waals surface area contributed by atoms with E-state index < -0.39 is 0 Å². The van der Waals surface area contributed by atoms with E-state index in [1.165, 1.54) is 18.2 Å². The summed E-state index contributed by atoms with van der Waals surface area (Å²) in [6.45, 7) is 4.71. The maximum absolute atomic E-state index is 13.2. The van der Waals surface area contributed by atoms with Gasteiger partial charge in [0.25, 0.3) is 0 Å². The van der Waals surface area contributed by atoms with Crippen LogP contribution in [0.25, 0.3) is 0 Å². The molecule has 2 aliphatic heterocycles. The first-order valence-corrected chi connectivity index (χ1v) is 10.9. The van der Waals surface area contributed by atoms with Gasteiger partial charge in [-0.1, -0.05) is 0 Å². The van der Waals surface area contributed by atoms with E-state index in [1.807, 2.05) is 4.90 Å². The molecule has 0 bridgehead atoms. The number of nitrogens with one attached hydrogen (secondary N) is 1. The number of hydrogen-bond donors (Lipinski definition) is 1. The molecular weight excluding hydrogens is 416 g/mol. The molecule has 1 amide bonds. The molecule has 0 radical (unpaired) electrons. The lowest BCUT2D eigenvalue weighted by Crippen LogP contribution is -2.45. The van der Waals surface area contributed by atoms with Crippen molar-refractivity contribution in [3.8, 4) is 11.5 Å². The van der Waals surface area contributed by atoms with Gasteiger partial charge in [-0.2, -0.15) is 0 Å². The monoisotopic (exact) mass is 447 g/mol. The first kappa shape index (κ1) is 23.8. The minimum atomic E-state index is -0.279. The molecule has 0 aliphatic carbocycles. The van der Waals surface area contributed by atoms with Gasteiger partial charge < -0.3 is 24.6 Å². The summed E-state index contributed by atoms with van der Waals surface area (Å²) < 4.78 is 36.9. The Bertz CT molecular complexity index is 883. The van der Waals surface area contributed by atoms with E-state index in [4.69, 9.17) is 9.47 Å². The highest BCUT2D eigenvalue weighted by atomic mass is 19.1. The number of amides is 1. The Morgan fingerprint density at radius 2 is 1.50 bits per heavy atom.